The van der Waals surface area contributed by atoms with Crippen molar-refractivity contribution in [2.45, 2.75) is 26.8 Å². The molecule has 0 N–H and O–H groups in total. The van der Waals surface area contributed by atoms with E-state index in [1.807, 2.05) is 6.92 Å². The van der Waals surface area contributed by atoms with Crippen molar-refractivity contribution in [1.82, 2.24) is 19.4 Å². The summed E-state index contributed by atoms with van der Waals surface area (Å²) in [5, 5.41) is 0. The molecule has 3 heterocycles. The predicted molar refractivity (Wildman–Crippen MR) is 94.6 cm³/mol. The van der Waals surface area contributed by atoms with Crippen LogP contribution in [0.3, 0.4) is 0 Å². The fourth-order valence-electron chi connectivity index (χ4n) is 3.53. The monoisotopic (exact) mass is 320 g/mol. The second-order valence-corrected chi connectivity index (χ2v) is 6.67. The zero-order chi connectivity index (χ0) is 16.8. The molecular weight excluding hydrogens is 300 g/mol. The molecule has 122 valence electrons. The summed E-state index contributed by atoms with van der Waals surface area (Å²) in [6.07, 6.45) is 5.37. The second kappa shape index (κ2) is 5.53. The molecule has 1 aliphatic rings. The topological polar surface area (TPSA) is 51.0 Å². The van der Waals surface area contributed by atoms with Crippen LogP contribution in [0.1, 0.15) is 22.3 Å². The van der Waals surface area contributed by atoms with Crippen molar-refractivity contribution >= 4 is 17.6 Å². The zero-order valence-corrected chi connectivity index (χ0v) is 14.2. The molecule has 0 saturated heterocycles. The molecule has 1 aromatic carbocycles. The molecule has 24 heavy (non-hydrogen) atoms. The number of hydrogen-bond donors (Lipinski definition) is 0. The van der Waals surface area contributed by atoms with Crippen molar-refractivity contribution in [3.8, 4) is 11.3 Å². The van der Waals surface area contributed by atoms with E-state index >= 15 is 0 Å². The fraction of sp³-hybridized carbons (Fsp3) is 0.316. The van der Waals surface area contributed by atoms with Crippen LogP contribution in [0.2, 0.25) is 0 Å². The molecule has 0 radical (unpaired) electrons. The minimum atomic E-state index is 0.613. The van der Waals surface area contributed by atoms with E-state index in [0.717, 1.165) is 48.3 Å². The lowest BCUT2D eigenvalue weighted by molar-refractivity contribution is 0.312. The molecule has 5 heteroatoms. The van der Waals surface area contributed by atoms with Crippen molar-refractivity contribution in [2.75, 3.05) is 13.6 Å². The molecular formula is C19H20N4O. The molecule has 4 rings (SSSR count). The number of aromatic nitrogens is 3. The van der Waals surface area contributed by atoms with Gasteiger partial charge in [-0.05, 0) is 61.7 Å². The normalized spacial score (nSPS) is 14.8. The van der Waals surface area contributed by atoms with Crippen LogP contribution in [0.4, 0.5) is 0 Å². The van der Waals surface area contributed by atoms with Crippen LogP contribution in [0.25, 0.3) is 22.4 Å². The number of carbonyl (C=O) groups excluding carboxylic acids is 1. The number of hydrogen-bond acceptors (Lipinski definition) is 4. The first-order valence-electron chi connectivity index (χ1n) is 8.17. The van der Waals surface area contributed by atoms with E-state index in [1.54, 1.807) is 12.4 Å². The van der Waals surface area contributed by atoms with Gasteiger partial charge in [-0.15, -0.1) is 0 Å². The largest absolute Gasteiger partial charge is 0.302 e. The third-order valence-electron chi connectivity index (χ3n) is 4.87. The molecule has 0 fully saturated rings. The zero-order valence-electron chi connectivity index (χ0n) is 14.2. The molecule has 3 aromatic rings. The van der Waals surface area contributed by atoms with Gasteiger partial charge in [0.05, 0.1) is 11.9 Å². The van der Waals surface area contributed by atoms with Gasteiger partial charge in [-0.1, -0.05) is 0 Å². The molecule has 0 unspecified atom stereocenters. The maximum atomic E-state index is 11.1. The molecule has 1 aliphatic heterocycles. The number of rotatable bonds is 2. The van der Waals surface area contributed by atoms with Crippen molar-refractivity contribution in [3.63, 3.8) is 0 Å². The Morgan fingerprint density at radius 2 is 2.04 bits per heavy atom. The summed E-state index contributed by atoms with van der Waals surface area (Å²) < 4.78 is 1.48. The van der Waals surface area contributed by atoms with Gasteiger partial charge in [0.1, 0.15) is 5.52 Å². The smallest absolute Gasteiger partial charge is 0.219 e. The Balaban J connectivity index is 1.84. The Kier molecular flexibility index (Phi) is 3.46. The van der Waals surface area contributed by atoms with Crippen LogP contribution in [0.15, 0.2) is 24.5 Å². The van der Waals surface area contributed by atoms with Gasteiger partial charge in [0.2, 0.25) is 6.41 Å². The summed E-state index contributed by atoms with van der Waals surface area (Å²) in [5.41, 5.74) is 8.47. The van der Waals surface area contributed by atoms with Crippen LogP contribution < -0.4 is 0 Å². The highest BCUT2D eigenvalue weighted by atomic mass is 16.1. The first-order valence-corrected chi connectivity index (χ1v) is 8.17. The Morgan fingerprint density at radius 3 is 2.83 bits per heavy atom. The van der Waals surface area contributed by atoms with E-state index in [2.05, 4.69) is 36.0 Å². The molecule has 2 aromatic heterocycles. The van der Waals surface area contributed by atoms with Crippen molar-refractivity contribution in [3.05, 3.63) is 46.8 Å². The van der Waals surface area contributed by atoms with Crippen LogP contribution in [0.5, 0.6) is 0 Å². The van der Waals surface area contributed by atoms with Crippen molar-refractivity contribution < 1.29 is 4.79 Å². The Bertz CT molecular complexity index is 958. The lowest BCUT2D eigenvalue weighted by Crippen LogP contribution is -2.27. The molecule has 0 aliphatic carbocycles. The Labute approximate surface area is 140 Å². The first-order chi connectivity index (χ1) is 11.6. The third-order valence-corrected chi connectivity index (χ3v) is 4.87. The first kappa shape index (κ1) is 15.0. The molecule has 5 nitrogen and oxygen atoms in total. The SMILES string of the molecule is Cc1cc(-c2cnc3c(n2)c(C)cn3C=O)cc2c1CN(C)CC2. The summed E-state index contributed by atoms with van der Waals surface area (Å²) >= 11 is 0. The standard InChI is InChI=1S/C19H20N4O/c1-12-6-15(7-14-4-5-22(3)10-16(12)14)17-8-20-19-18(21-17)13(2)9-23(19)11-24/h6-9,11H,4-5,10H2,1-3H3. The van der Waals surface area contributed by atoms with E-state index in [1.165, 1.54) is 21.3 Å². The van der Waals surface area contributed by atoms with Gasteiger partial charge in [-0.2, -0.15) is 0 Å². The second-order valence-electron chi connectivity index (χ2n) is 6.67. The minimum Gasteiger partial charge on any atom is -0.302 e. The van der Waals surface area contributed by atoms with Gasteiger partial charge >= 0.3 is 0 Å². The van der Waals surface area contributed by atoms with Gasteiger partial charge in [0.15, 0.2) is 5.65 Å². The molecule has 0 saturated carbocycles. The van der Waals surface area contributed by atoms with Gasteiger partial charge in [-0.25, -0.2) is 9.97 Å². The van der Waals surface area contributed by atoms with Gasteiger partial charge in [-0.3, -0.25) is 9.36 Å². The number of nitrogens with zero attached hydrogens (tertiary/aromatic N) is 4. The molecule has 0 atom stereocenters. The number of carbonyl (C=O) groups is 1. The quantitative estimate of drug-likeness (QED) is 0.681. The molecule has 0 amide bonds. The van der Waals surface area contributed by atoms with Crippen LogP contribution >= 0.6 is 0 Å². The minimum absolute atomic E-state index is 0.613. The van der Waals surface area contributed by atoms with E-state index in [-0.39, 0.29) is 0 Å². The maximum Gasteiger partial charge on any atom is 0.219 e. The number of fused-ring (bicyclic) bond motifs is 2. The van der Waals surface area contributed by atoms with Gasteiger partial charge < -0.3 is 4.90 Å². The number of aryl methyl sites for hydroxylation is 2. The highest BCUT2D eigenvalue weighted by molar-refractivity contribution is 5.83. The highest BCUT2D eigenvalue weighted by Gasteiger charge is 2.17. The number of likely N-dealkylation sites (N-methyl/N-ethyl adjacent to an activating group) is 1. The number of benzene rings is 1. The molecule has 0 spiro atoms. The third kappa shape index (κ3) is 2.32. The van der Waals surface area contributed by atoms with Crippen LogP contribution in [-0.2, 0) is 17.8 Å². The van der Waals surface area contributed by atoms with Gasteiger partial charge in [0, 0.05) is 24.8 Å². The summed E-state index contributed by atoms with van der Waals surface area (Å²) in [6, 6.07) is 4.44. The average molecular weight is 320 g/mol. The Morgan fingerprint density at radius 1 is 1.21 bits per heavy atom. The average Bonchev–Trinajstić information content (AvgIpc) is 2.91. The molecule has 0 bridgehead atoms. The lowest BCUT2D eigenvalue weighted by Gasteiger charge is -2.27. The summed E-state index contributed by atoms with van der Waals surface area (Å²) in [7, 11) is 2.16. The van der Waals surface area contributed by atoms with E-state index in [4.69, 9.17) is 4.98 Å². The summed E-state index contributed by atoms with van der Waals surface area (Å²) in [4.78, 5) is 22.7. The summed E-state index contributed by atoms with van der Waals surface area (Å²) in [5.74, 6) is 0. The van der Waals surface area contributed by atoms with E-state index in [9.17, 15) is 4.79 Å². The predicted octanol–water partition coefficient (Wildman–Crippen LogP) is 2.74. The fourth-order valence-corrected chi connectivity index (χ4v) is 3.53. The van der Waals surface area contributed by atoms with E-state index in [0.29, 0.717) is 5.65 Å². The van der Waals surface area contributed by atoms with Crippen molar-refractivity contribution in [1.29, 1.82) is 0 Å². The summed E-state index contributed by atoms with van der Waals surface area (Å²) in [6.45, 7) is 6.21. The Hall–Kier alpha value is -2.53. The van der Waals surface area contributed by atoms with E-state index < -0.39 is 0 Å². The highest BCUT2D eigenvalue weighted by Crippen LogP contribution is 2.29. The van der Waals surface area contributed by atoms with Gasteiger partial charge in [0.25, 0.3) is 0 Å². The van der Waals surface area contributed by atoms with Crippen molar-refractivity contribution in [2.24, 2.45) is 0 Å². The maximum absolute atomic E-state index is 11.1. The van der Waals surface area contributed by atoms with Crippen LogP contribution in [0, 0.1) is 13.8 Å². The lowest BCUT2D eigenvalue weighted by atomic mass is 9.92. The van der Waals surface area contributed by atoms with Crippen LogP contribution in [-0.4, -0.2) is 39.4 Å².